The van der Waals surface area contributed by atoms with Gasteiger partial charge in [-0.1, -0.05) is 36.4 Å². The van der Waals surface area contributed by atoms with Gasteiger partial charge in [0.1, 0.15) is 0 Å². The topological polar surface area (TPSA) is 89.7 Å². The van der Waals surface area contributed by atoms with Gasteiger partial charge in [0.15, 0.2) is 0 Å². The summed E-state index contributed by atoms with van der Waals surface area (Å²) >= 11 is 5.47. The standard InChI is InChI=1S/C26H15N3S3.2C10H8N2.Cl2.Ru/c1-4-15-17-14-18(29-24(17)16-5-2-12-28-26(16)25(15)27-11-1)19-7-8-22(31-19)23-10-9-21(32-23)20-6-3-13-30-20;2*1-3-7-11-9(5-1)10-6-2-4-8-12-10;1-2;/h1-13H,14H2;2*1-8H;;. The van der Waals surface area contributed by atoms with Crippen molar-refractivity contribution in [1.29, 1.82) is 0 Å². The first-order chi connectivity index (χ1) is 28.8. The molecular formula is C46H31Cl2N7RuS3. The van der Waals surface area contributed by atoms with Gasteiger partial charge in [0.25, 0.3) is 0 Å². The average molecular weight is 950 g/mol. The molecule has 1 aromatic carbocycles. The summed E-state index contributed by atoms with van der Waals surface area (Å²) in [5, 5.41) is 4.37. The van der Waals surface area contributed by atoms with E-state index >= 15 is 0 Å². The largest absolute Gasteiger partial charge is 0.255 e. The molecular weight excluding hydrogens is 919 g/mol. The van der Waals surface area contributed by atoms with Crippen molar-refractivity contribution >= 4 is 88.9 Å². The number of rotatable bonds is 5. The number of fused-ring (bicyclic) bond motifs is 6. The Bertz CT molecular complexity index is 2740. The van der Waals surface area contributed by atoms with Crippen molar-refractivity contribution in [3.63, 3.8) is 0 Å². The van der Waals surface area contributed by atoms with Gasteiger partial charge in [0.05, 0.1) is 45.2 Å². The molecule has 0 radical (unpaired) electrons. The second-order valence-corrected chi connectivity index (χ2v) is 15.6. The van der Waals surface area contributed by atoms with E-state index in [9.17, 15) is 0 Å². The number of hydrogen-bond acceptors (Lipinski definition) is 10. The zero-order valence-electron chi connectivity index (χ0n) is 30.9. The minimum absolute atomic E-state index is 0. The second kappa shape index (κ2) is 20.5. The molecule has 290 valence electrons. The molecule has 1 aliphatic heterocycles. The minimum Gasteiger partial charge on any atom is -0.255 e. The molecule has 0 N–H and O–H groups in total. The summed E-state index contributed by atoms with van der Waals surface area (Å²) in [6, 6.07) is 44.6. The van der Waals surface area contributed by atoms with Gasteiger partial charge in [-0.2, -0.15) is 0 Å². The van der Waals surface area contributed by atoms with Crippen LogP contribution in [0, 0.1) is 0 Å². The molecule has 0 saturated carbocycles. The van der Waals surface area contributed by atoms with Crippen LogP contribution >= 0.6 is 55.7 Å². The van der Waals surface area contributed by atoms with Crippen molar-refractivity contribution in [1.82, 2.24) is 29.9 Å². The molecule has 9 aromatic heterocycles. The van der Waals surface area contributed by atoms with Crippen LogP contribution in [-0.4, -0.2) is 35.6 Å². The second-order valence-electron chi connectivity index (χ2n) is 12.5. The molecule has 0 aliphatic carbocycles. The third kappa shape index (κ3) is 9.74. The number of aliphatic imine (C=N–C) groups is 1. The first-order valence-electron chi connectivity index (χ1n) is 18.0. The van der Waals surface area contributed by atoms with Crippen LogP contribution in [0.15, 0.2) is 181 Å². The van der Waals surface area contributed by atoms with Crippen molar-refractivity contribution in [2.45, 2.75) is 6.42 Å². The van der Waals surface area contributed by atoms with E-state index in [-0.39, 0.29) is 19.5 Å². The number of benzene rings is 1. The molecule has 0 spiro atoms. The van der Waals surface area contributed by atoms with E-state index in [0.29, 0.717) is 0 Å². The van der Waals surface area contributed by atoms with Gasteiger partial charge >= 0.3 is 0 Å². The predicted molar refractivity (Wildman–Crippen MR) is 245 cm³/mol. The van der Waals surface area contributed by atoms with E-state index in [4.69, 9.17) is 4.99 Å². The molecule has 0 bridgehead atoms. The molecule has 10 heterocycles. The van der Waals surface area contributed by atoms with Crippen molar-refractivity contribution in [2.24, 2.45) is 4.99 Å². The average Bonchev–Trinajstić information content (AvgIpc) is 4.17. The minimum atomic E-state index is 0. The Morgan fingerprint density at radius 3 is 1.32 bits per heavy atom. The molecule has 13 heteroatoms. The summed E-state index contributed by atoms with van der Waals surface area (Å²) in [6.07, 6.45) is 11.6. The normalized spacial score (nSPS) is 11.1. The fraction of sp³-hybridized carbons (Fsp3) is 0.0217. The third-order valence-corrected chi connectivity index (χ3v) is 12.5. The van der Waals surface area contributed by atoms with Crippen LogP contribution in [-0.2, 0) is 25.9 Å². The molecule has 0 saturated heterocycles. The van der Waals surface area contributed by atoms with Crippen LogP contribution in [0.3, 0.4) is 0 Å². The zero-order chi connectivity index (χ0) is 39.5. The molecule has 0 unspecified atom stereocenters. The maximum absolute atomic E-state index is 5.12. The van der Waals surface area contributed by atoms with E-state index in [1.165, 1.54) is 29.9 Å². The van der Waals surface area contributed by atoms with E-state index < -0.39 is 0 Å². The Labute approximate surface area is 375 Å². The first-order valence-corrected chi connectivity index (χ1v) is 21.7. The van der Waals surface area contributed by atoms with Gasteiger partial charge in [-0.05, 0) is 108 Å². The maximum atomic E-state index is 5.12. The predicted octanol–water partition coefficient (Wildman–Crippen LogP) is 13.6. The summed E-state index contributed by atoms with van der Waals surface area (Å²) in [5.41, 5.74) is 8.99. The molecule has 1 aliphatic rings. The van der Waals surface area contributed by atoms with Gasteiger partial charge < -0.3 is 0 Å². The molecule has 0 fully saturated rings. The fourth-order valence-electron chi connectivity index (χ4n) is 6.41. The van der Waals surface area contributed by atoms with E-state index in [1.54, 1.807) is 36.1 Å². The summed E-state index contributed by atoms with van der Waals surface area (Å²) < 4.78 is 0. The van der Waals surface area contributed by atoms with Crippen molar-refractivity contribution in [2.75, 3.05) is 0 Å². The Hall–Kier alpha value is -5.39. The van der Waals surface area contributed by atoms with Crippen molar-refractivity contribution in [3.8, 4) is 42.3 Å². The van der Waals surface area contributed by atoms with E-state index in [0.717, 1.165) is 62.4 Å². The number of hydrogen-bond donors (Lipinski definition) is 0. The van der Waals surface area contributed by atoms with Crippen LogP contribution in [0.5, 0.6) is 0 Å². The van der Waals surface area contributed by atoms with Crippen LogP contribution in [0.4, 0.5) is 5.69 Å². The summed E-state index contributed by atoms with van der Waals surface area (Å²) in [6.45, 7) is 0. The SMILES string of the molecule is ClCl.[Ru].c1ccc(-c2ccccn2)nc1.c1ccc(-c2ccccn2)nc1.c1csc(-c2ccc(-c3ccc(C4=Nc5c(c6cccnc6c6ncccc56)C4)s3)s2)c1. The monoisotopic (exact) mass is 949 g/mol. The third-order valence-electron chi connectivity index (χ3n) is 8.98. The smallest absolute Gasteiger partial charge is 0.0986 e. The Balaban J connectivity index is 0.000000161. The number of halogens is 2. The summed E-state index contributed by atoms with van der Waals surface area (Å²) in [4.78, 5) is 37.6. The van der Waals surface area contributed by atoms with E-state index in [1.807, 2.05) is 120 Å². The molecule has 0 atom stereocenters. The van der Waals surface area contributed by atoms with Crippen molar-refractivity contribution < 1.29 is 19.5 Å². The number of thiophene rings is 3. The molecule has 59 heavy (non-hydrogen) atoms. The van der Waals surface area contributed by atoms with Gasteiger partial charge in [-0.25, -0.2) is 0 Å². The molecule has 10 aromatic rings. The van der Waals surface area contributed by atoms with Crippen LogP contribution in [0.2, 0.25) is 0 Å². The number of pyridine rings is 6. The number of nitrogens with zero attached hydrogens (tertiary/aromatic N) is 7. The van der Waals surface area contributed by atoms with Gasteiger partial charge in [-0.3, -0.25) is 34.9 Å². The summed E-state index contributed by atoms with van der Waals surface area (Å²) in [7, 11) is 8.22. The molecule has 7 nitrogen and oxygen atoms in total. The fourth-order valence-corrected chi connectivity index (χ4v) is 9.33. The zero-order valence-corrected chi connectivity index (χ0v) is 36.6. The van der Waals surface area contributed by atoms with Crippen LogP contribution in [0.25, 0.3) is 64.1 Å². The molecule has 0 amide bonds. The summed E-state index contributed by atoms with van der Waals surface area (Å²) in [5.74, 6) is 0. The maximum Gasteiger partial charge on any atom is 0.0986 e. The van der Waals surface area contributed by atoms with Gasteiger partial charge in [0, 0.05) is 120 Å². The first kappa shape index (κ1) is 41.8. The number of aromatic nitrogens is 6. The Morgan fingerprint density at radius 2 is 0.847 bits per heavy atom. The van der Waals surface area contributed by atoms with Crippen molar-refractivity contribution in [3.05, 3.63) is 186 Å². The van der Waals surface area contributed by atoms with Gasteiger partial charge in [0.2, 0.25) is 0 Å². The van der Waals surface area contributed by atoms with Gasteiger partial charge in [-0.15, -0.1) is 34.0 Å². The quantitative estimate of drug-likeness (QED) is 0.126. The Kier molecular flexibility index (Phi) is 14.5. The van der Waals surface area contributed by atoms with Crippen LogP contribution < -0.4 is 0 Å². The molecule has 11 rings (SSSR count). The van der Waals surface area contributed by atoms with E-state index in [2.05, 4.69) is 106 Å². The Morgan fingerprint density at radius 1 is 0.407 bits per heavy atom. The van der Waals surface area contributed by atoms with Crippen LogP contribution in [0.1, 0.15) is 10.4 Å².